The van der Waals surface area contributed by atoms with Crippen LogP contribution in [0, 0.1) is 6.92 Å². The van der Waals surface area contributed by atoms with Crippen LogP contribution in [0.5, 0.6) is 0 Å². The van der Waals surface area contributed by atoms with Crippen LogP contribution in [0.2, 0.25) is 0 Å². The van der Waals surface area contributed by atoms with Gasteiger partial charge in [-0.15, -0.1) is 0 Å². The number of hydrogen-bond donors (Lipinski definition) is 1. The Kier molecular flexibility index (Phi) is 4.81. The number of aromatic nitrogens is 2. The van der Waals surface area contributed by atoms with Gasteiger partial charge < -0.3 is 14.6 Å². The first-order valence-electron chi connectivity index (χ1n) is 10.2. The second-order valence-electron chi connectivity index (χ2n) is 7.61. The zero-order valence-corrected chi connectivity index (χ0v) is 16.9. The van der Waals surface area contributed by atoms with Crippen molar-refractivity contribution in [1.82, 2.24) is 14.9 Å². The number of carbonyl (C=O) groups is 1. The molecule has 0 aliphatic carbocycles. The summed E-state index contributed by atoms with van der Waals surface area (Å²) in [6.07, 6.45) is 0. The van der Waals surface area contributed by atoms with Crippen LogP contribution in [0.3, 0.4) is 0 Å². The minimum Gasteiger partial charge on any atom is -0.378 e. The van der Waals surface area contributed by atoms with Gasteiger partial charge in [0.15, 0.2) is 0 Å². The highest BCUT2D eigenvalue weighted by atomic mass is 16.5. The van der Waals surface area contributed by atoms with Gasteiger partial charge >= 0.3 is 0 Å². The Balaban J connectivity index is 1.42. The van der Waals surface area contributed by atoms with Gasteiger partial charge in [0.1, 0.15) is 5.82 Å². The van der Waals surface area contributed by atoms with Gasteiger partial charge in [-0.1, -0.05) is 48.5 Å². The van der Waals surface area contributed by atoms with Crippen molar-refractivity contribution in [3.8, 4) is 22.5 Å². The topological polar surface area (TPSA) is 58.2 Å². The number of carbonyl (C=O) groups excluding carboxylic acids is 1. The van der Waals surface area contributed by atoms with Crippen LogP contribution < -0.4 is 0 Å². The number of nitrogens with zero attached hydrogens (tertiary/aromatic N) is 2. The molecule has 4 aromatic rings. The lowest BCUT2D eigenvalue weighted by molar-refractivity contribution is 0.0303. The summed E-state index contributed by atoms with van der Waals surface area (Å²) in [4.78, 5) is 22.7. The van der Waals surface area contributed by atoms with Gasteiger partial charge in [-0.2, -0.15) is 0 Å². The first-order valence-corrected chi connectivity index (χ1v) is 10.2. The summed E-state index contributed by atoms with van der Waals surface area (Å²) in [6.45, 7) is 4.59. The maximum atomic E-state index is 12.8. The van der Waals surface area contributed by atoms with Gasteiger partial charge in [-0.05, 0) is 41.8 Å². The van der Waals surface area contributed by atoms with Crippen LogP contribution in [0.4, 0.5) is 0 Å². The smallest absolute Gasteiger partial charge is 0.254 e. The molecule has 5 nitrogen and oxygen atoms in total. The normalized spacial score (nSPS) is 14.2. The SMILES string of the molecule is Cc1ccccc1-c1ccc(-c2nc3ccc(C(=O)N4CCOCC4)cc3[nH]2)cc1. The van der Waals surface area contributed by atoms with Gasteiger partial charge in [0, 0.05) is 24.2 Å². The van der Waals surface area contributed by atoms with Gasteiger partial charge in [0.05, 0.1) is 24.2 Å². The summed E-state index contributed by atoms with van der Waals surface area (Å²) in [5.41, 5.74) is 7.09. The summed E-state index contributed by atoms with van der Waals surface area (Å²) < 4.78 is 5.34. The predicted octanol–water partition coefficient (Wildman–Crippen LogP) is 4.68. The number of aryl methyl sites for hydroxylation is 1. The zero-order valence-electron chi connectivity index (χ0n) is 16.9. The molecule has 0 radical (unpaired) electrons. The van der Waals surface area contributed by atoms with Crippen LogP contribution in [-0.4, -0.2) is 47.1 Å². The molecule has 1 N–H and O–H groups in total. The fraction of sp³-hybridized carbons (Fsp3) is 0.200. The minimum atomic E-state index is 0.0407. The molecule has 0 bridgehead atoms. The Morgan fingerprint density at radius 1 is 0.967 bits per heavy atom. The lowest BCUT2D eigenvalue weighted by Crippen LogP contribution is -2.40. The molecule has 1 aliphatic rings. The van der Waals surface area contributed by atoms with Crippen LogP contribution >= 0.6 is 0 Å². The van der Waals surface area contributed by atoms with Gasteiger partial charge in [-0.25, -0.2) is 4.98 Å². The molecule has 1 saturated heterocycles. The van der Waals surface area contributed by atoms with E-state index in [9.17, 15) is 4.79 Å². The fourth-order valence-corrected chi connectivity index (χ4v) is 3.93. The van der Waals surface area contributed by atoms with Crippen molar-refractivity contribution in [1.29, 1.82) is 0 Å². The first-order chi connectivity index (χ1) is 14.7. The lowest BCUT2D eigenvalue weighted by Gasteiger charge is -2.26. The van der Waals surface area contributed by atoms with Crippen molar-refractivity contribution in [2.45, 2.75) is 6.92 Å². The van der Waals surface area contributed by atoms with Gasteiger partial charge in [0.2, 0.25) is 0 Å². The number of imidazole rings is 1. The van der Waals surface area contributed by atoms with E-state index < -0.39 is 0 Å². The zero-order chi connectivity index (χ0) is 20.5. The molecular weight excluding hydrogens is 374 g/mol. The Morgan fingerprint density at radius 2 is 1.70 bits per heavy atom. The van der Waals surface area contributed by atoms with E-state index in [1.807, 2.05) is 23.1 Å². The Morgan fingerprint density at radius 3 is 2.47 bits per heavy atom. The van der Waals surface area contributed by atoms with Crippen molar-refractivity contribution in [2.75, 3.05) is 26.3 Å². The molecule has 5 rings (SSSR count). The molecule has 30 heavy (non-hydrogen) atoms. The van der Waals surface area contributed by atoms with Crippen molar-refractivity contribution < 1.29 is 9.53 Å². The highest BCUT2D eigenvalue weighted by Gasteiger charge is 2.19. The maximum absolute atomic E-state index is 12.8. The van der Waals surface area contributed by atoms with E-state index in [2.05, 4.69) is 60.4 Å². The number of benzene rings is 3. The predicted molar refractivity (Wildman–Crippen MR) is 118 cm³/mol. The molecular formula is C25H23N3O2. The number of ether oxygens (including phenoxy) is 1. The van der Waals surface area contributed by atoms with Crippen molar-refractivity contribution in [3.05, 3.63) is 77.9 Å². The van der Waals surface area contributed by atoms with E-state index in [0.29, 0.717) is 31.9 Å². The molecule has 1 aromatic heterocycles. The summed E-state index contributed by atoms with van der Waals surface area (Å²) in [5, 5.41) is 0. The third-order valence-electron chi connectivity index (χ3n) is 5.64. The molecule has 0 spiro atoms. The quantitative estimate of drug-likeness (QED) is 0.546. The Hall–Kier alpha value is -3.44. The minimum absolute atomic E-state index is 0.0407. The number of morpholine rings is 1. The standard InChI is InChI=1S/C25H23N3O2/c1-17-4-2-3-5-21(17)18-6-8-19(9-7-18)24-26-22-11-10-20(16-23(22)27-24)25(29)28-12-14-30-15-13-28/h2-11,16H,12-15H2,1H3,(H,26,27). The monoisotopic (exact) mass is 397 g/mol. The number of rotatable bonds is 3. The second-order valence-corrected chi connectivity index (χ2v) is 7.61. The number of H-pyrrole nitrogens is 1. The molecule has 1 amide bonds. The molecule has 3 aromatic carbocycles. The van der Waals surface area contributed by atoms with E-state index in [1.54, 1.807) is 0 Å². The number of fused-ring (bicyclic) bond motifs is 1. The summed E-state index contributed by atoms with van der Waals surface area (Å²) in [7, 11) is 0. The number of amides is 1. The van der Waals surface area contributed by atoms with Crippen LogP contribution in [-0.2, 0) is 4.74 Å². The Labute approximate surface area is 175 Å². The van der Waals surface area contributed by atoms with E-state index >= 15 is 0 Å². The van der Waals surface area contributed by atoms with Crippen LogP contribution in [0.1, 0.15) is 15.9 Å². The maximum Gasteiger partial charge on any atom is 0.254 e. The van der Waals surface area contributed by atoms with Gasteiger partial charge in [0.25, 0.3) is 5.91 Å². The summed E-state index contributed by atoms with van der Waals surface area (Å²) in [6, 6.07) is 22.4. The lowest BCUT2D eigenvalue weighted by atomic mass is 9.99. The number of aromatic amines is 1. The molecule has 5 heteroatoms. The molecule has 1 aliphatic heterocycles. The first kappa shape index (κ1) is 18.6. The largest absolute Gasteiger partial charge is 0.378 e. The van der Waals surface area contributed by atoms with Crippen molar-refractivity contribution >= 4 is 16.9 Å². The molecule has 2 heterocycles. The molecule has 150 valence electrons. The average Bonchev–Trinajstić information content (AvgIpc) is 3.23. The van der Waals surface area contributed by atoms with E-state index in [0.717, 1.165) is 22.4 Å². The highest BCUT2D eigenvalue weighted by molar-refractivity contribution is 5.97. The fourth-order valence-electron chi connectivity index (χ4n) is 3.93. The number of hydrogen-bond acceptors (Lipinski definition) is 3. The third kappa shape index (κ3) is 3.48. The highest BCUT2D eigenvalue weighted by Crippen LogP contribution is 2.27. The molecule has 0 unspecified atom stereocenters. The van der Waals surface area contributed by atoms with Crippen LogP contribution in [0.15, 0.2) is 66.7 Å². The molecule has 1 fully saturated rings. The third-order valence-corrected chi connectivity index (χ3v) is 5.64. The van der Waals surface area contributed by atoms with Gasteiger partial charge in [-0.3, -0.25) is 4.79 Å². The van der Waals surface area contributed by atoms with E-state index in [-0.39, 0.29) is 5.91 Å². The second kappa shape index (κ2) is 7.76. The Bertz CT molecular complexity index is 1200. The van der Waals surface area contributed by atoms with E-state index in [1.165, 1.54) is 16.7 Å². The molecule has 0 atom stereocenters. The van der Waals surface area contributed by atoms with Crippen molar-refractivity contribution in [3.63, 3.8) is 0 Å². The summed E-state index contributed by atoms with van der Waals surface area (Å²) >= 11 is 0. The number of nitrogens with one attached hydrogen (secondary N) is 1. The van der Waals surface area contributed by atoms with Crippen molar-refractivity contribution in [2.24, 2.45) is 0 Å². The summed E-state index contributed by atoms with van der Waals surface area (Å²) in [5.74, 6) is 0.844. The average molecular weight is 397 g/mol. The molecule has 0 saturated carbocycles. The van der Waals surface area contributed by atoms with Crippen LogP contribution in [0.25, 0.3) is 33.5 Å². The van der Waals surface area contributed by atoms with E-state index in [4.69, 9.17) is 9.72 Å².